The van der Waals surface area contributed by atoms with Gasteiger partial charge in [0.15, 0.2) is 0 Å². The van der Waals surface area contributed by atoms with Crippen LogP contribution in [0.3, 0.4) is 0 Å². The van der Waals surface area contributed by atoms with E-state index in [2.05, 4.69) is 4.98 Å². The van der Waals surface area contributed by atoms with E-state index >= 15 is 0 Å². The predicted octanol–water partition coefficient (Wildman–Crippen LogP) is 2.34. The van der Waals surface area contributed by atoms with E-state index in [0.29, 0.717) is 5.56 Å². The van der Waals surface area contributed by atoms with Crippen LogP contribution < -0.4 is 0 Å². The second kappa shape index (κ2) is 6.49. The molecule has 0 unspecified atom stereocenters. The van der Waals surface area contributed by atoms with Crippen LogP contribution in [0, 0.1) is 6.92 Å². The van der Waals surface area contributed by atoms with Crippen LogP contribution in [-0.4, -0.2) is 41.2 Å². The molecule has 1 heterocycles. The third-order valence-corrected chi connectivity index (χ3v) is 2.29. The number of carbonyl (C=O) groups is 1. The highest BCUT2D eigenvalue weighted by Gasteiger charge is 2.19. The van der Waals surface area contributed by atoms with Gasteiger partial charge in [0.2, 0.25) is 0 Å². The highest BCUT2D eigenvalue weighted by molar-refractivity contribution is 6.18. The van der Waals surface area contributed by atoms with Gasteiger partial charge in [-0.1, -0.05) is 0 Å². The van der Waals surface area contributed by atoms with E-state index in [1.54, 1.807) is 19.2 Å². The van der Waals surface area contributed by atoms with Crippen molar-refractivity contribution in [2.75, 3.05) is 19.0 Å². The maximum absolute atomic E-state index is 12.3. The average Bonchev–Trinajstić information content (AvgIpc) is 2.27. The molecule has 0 saturated heterocycles. The quantitative estimate of drug-likeness (QED) is 0.763. The molecule has 0 radical (unpaired) electrons. The van der Waals surface area contributed by atoms with Gasteiger partial charge in [-0.05, 0) is 18.6 Å². The minimum absolute atomic E-state index is 0.0959. The molecule has 0 spiro atoms. The van der Waals surface area contributed by atoms with E-state index in [4.69, 9.17) is 11.6 Å². The Balaban J connectivity index is 2.83. The second-order valence-corrected chi connectivity index (χ2v) is 3.96. The third kappa shape index (κ3) is 4.26. The summed E-state index contributed by atoms with van der Waals surface area (Å²) in [7, 11) is 0. The number of carbonyl (C=O) groups excluding carboxylic acids is 1. The molecule has 0 aliphatic rings. The lowest BCUT2D eigenvalue weighted by Crippen LogP contribution is -2.36. The molecule has 1 rings (SSSR count). The van der Waals surface area contributed by atoms with Crippen LogP contribution in [0.15, 0.2) is 18.5 Å². The van der Waals surface area contributed by atoms with Crippen LogP contribution in [-0.2, 0) is 0 Å². The summed E-state index contributed by atoms with van der Waals surface area (Å²) in [5, 5.41) is 0. The minimum Gasteiger partial charge on any atom is -0.332 e. The number of aryl methyl sites for hydroxylation is 1. The molecule has 0 saturated carbocycles. The molecule has 3 nitrogen and oxygen atoms in total. The van der Waals surface area contributed by atoms with Gasteiger partial charge in [0.1, 0.15) is 0 Å². The normalized spacial score (nSPS) is 10.6. The molecule has 94 valence electrons. The molecule has 0 bridgehead atoms. The molecule has 0 aliphatic carbocycles. The lowest BCUT2D eigenvalue weighted by atomic mass is 10.2. The number of amides is 1. The summed E-state index contributed by atoms with van der Waals surface area (Å²) >= 11 is 5.49. The van der Waals surface area contributed by atoms with Crippen molar-refractivity contribution < 1.29 is 13.6 Å². The summed E-state index contributed by atoms with van der Waals surface area (Å²) in [6.07, 6.45) is 0.387. The van der Waals surface area contributed by atoms with Gasteiger partial charge in [-0.25, -0.2) is 8.78 Å². The van der Waals surface area contributed by atoms with Gasteiger partial charge in [0.05, 0.1) is 12.1 Å². The summed E-state index contributed by atoms with van der Waals surface area (Å²) in [4.78, 5) is 16.8. The van der Waals surface area contributed by atoms with Crippen LogP contribution in [0.4, 0.5) is 8.78 Å². The fraction of sp³-hybridized carbons (Fsp3) is 0.455. The highest BCUT2D eigenvalue weighted by Crippen LogP contribution is 2.08. The van der Waals surface area contributed by atoms with Gasteiger partial charge < -0.3 is 4.90 Å². The summed E-state index contributed by atoms with van der Waals surface area (Å²) in [5.74, 6) is -0.348. The Morgan fingerprint density at radius 1 is 1.53 bits per heavy atom. The molecule has 0 aliphatic heterocycles. The Labute approximate surface area is 103 Å². The largest absolute Gasteiger partial charge is 0.332 e. The van der Waals surface area contributed by atoms with E-state index in [1.165, 1.54) is 6.20 Å². The monoisotopic (exact) mass is 262 g/mol. The Bertz CT molecular complexity index is 387. The van der Waals surface area contributed by atoms with Crippen LogP contribution in [0.2, 0.25) is 0 Å². The topological polar surface area (TPSA) is 33.2 Å². The molecular formula is C11H13ClF2N2O. The minimum atomic E-state index is -2.57. The molecule has 6 heteroatoms. The lowest BCUT2D eigenvalue weighted by molar-refractivity contribution is 0.0570. The fourth-order valence-electron chi connectivity index (χ4n) is 1.40. The number of alkyl halides is 3. The van der Waals surface area contributed by atoms with E-state index in [0.717, 1.165) is 10.5 Å². The van der Waals surface area contributed by atoms with Crippen LogP contribution in [0.5, 0.6) is 0 Å². The molecule has 0 fully saturated rings. The number of halogens is 3. The average molecular weight is 263 g/mol. The SMILES string of the molecule is Cc1cncc(C(=O)N(CCCl)CC(F)F)c1. The number of hydrogen-bond donors (Lipinski definition) is 0. The van der Waals surface area contributed by atoms with Crippen molar-refractivity contribution in [2.24, 2.45) is 0 Å². The molecule has 0 atom stereocenters. The molecule has 0 N–H and O–H groups in total. The first-order valence-electron chi connectivity index (χ1n) is 5.09. The number of pyridine rings is 1. The molecule has 0 aromatic carbocycles. The van der Waals surface area contributed by atoms with Crippen LogP contribution >= 0.6 is 11.6 Å². The Morgan fingerprint density at radius 3 is 2.76 bits per heavy atom. The zero-order valence-corrected chi connectivity index (χ0v) is 10.1. The maximum atomic E-state index is 12.3. The Kier molecular flexibility index (Phi) is 5.28. The number of hydrogen-bond acceptors (Lipinski definition) is 2. The van der Waals surface area contributed by atoms with Gasteiger partial charge in [0.25, 0.3) is 12.3 Å². The zero-order chi connectivity index (χ0) is 12.8. The standard InChI is InChI=1S/C11H13ClF2N2O/c1-8-4-9(6-15-5-8)11(17)16(3-2-12)7-10(13)14/h4-6,10H,2-3,7H2,1H3. The van der Waals surface area contributed by atoms with Gasteiger partial charge in [0, 0.05) is 24.8 Å². The van der Waals surface area contributed by atoms with Gasteiger partial charge in [-0.2, -0.15) is 0 Å². The summed E-state index contributed by atoms with van der Waals surface area (Å²) in [6, 6.07) is 1.61. The van der Waals surface area contributed by atoms with Crippen LogP contribution in [0.25, 0.3) is 0 Å². The highest BCUT2D eigenvalue weighted by atomic mass is 35.5. The van der Waals surface area contributed by atoms with Crippen molar-refractivity contribution >= 4 is 17.5 Å². The van der Waals surface area contributed by atoms with Gasteiger partial charge >= 0.3 is 0 Å². The van der Waals surface area contributed by atoms with E-state index < -0.39 is 18.9 Å². The number of nitrogens with zero attached hydrogens (tertiary/aromatic N) is 2. The first kappa shape index (κ1) is 13.8. The second-order valence-electron chi connectivity index (χ2n) is 3.58. The van der Waals surface area contributed by atoms with E-state index in [-0.39, 0.29) is 12.4 Å². The molecule has 17 heavy (non-hydrogen) atoms. The summed E-state index contributed by atoms with van der Waals surface area (Å²) < 4.78 is 24.6. The molecular weight excluding hydrogens is 250 g/mol. The summed E-state index contributed by atoms with van der Waals surface area (Å²) in [5.41, 5.74) is 1.11. The Morgan fingerprint density at radius 2 is 2.24 bits per heavy atom. The smallest absolute Gasteiger partial charge is 0.255 e. The van der Waals surface area contributed by atoms with E-state index in [1.807, 2.05) is 0 Å². The van der Waals surface area contributed by atoms with Crippen molar-refractivity contribution in [2.45, 2.75) is 13.3 Å². The number of aromatic nitrogens is 1. The van der Waals surface area contributed by atoms with Gasteiger partial charge in [-0.15, -0.1) is 11.6 Å². The van der Waals surface area contributed by atoms with Crippen molar-refractivity contribution in [1.82, 2.24) is 9.88 Å². The molecule has 1 amide bonds. The van der Waals surface area contributed by atoms with E-state index in [9.17, 15) is 13.6 Å². The first-order valence-corrected chi connectivity index (χ1v) is 5.63. The maximum Gasteiger partial charge on any atom is 0.255 e. The van der Waals surface area contributed by atoms with Crippen molar-refractivity contribution in [1.29, 1.82) is 0 Å². The third-order valence-electron chi connectivity index (χ3n) is 2.12. The Hall–Kier alpha value is -1.23. The van der Waals surface area contributed by atoms with Crippen molar-refractivity contribution in [3.63, 3.8) is 0 Å². The van der Waals surface area contributed by atoms with Crippen molar-refractivity contribution in [3.05, 3.63) is 29.6 Å². The first-order chi connectivity index (χ1) is 8.04. The molecule has 1 aromatic rings. The molecule has 1 aromatic heterocycles. The summed E-state index contributed by atoms with van der Waals surface area (Å²) in [6.45, 7) is 1.26. The lowest BCUT2D eigenvalue weighted by Gasteiger charge is -2.21. The van der Waals surface area contributed by atoms with Crippen molar-refractivity contribution in [3.8, 4) is 0 Å². The van der Waals surface area contributed by atoms with Gasteiger partial charge in [-0.3, -0.25) is 9.78 Å². The number of rotatable bonds is 5. The fourth-order valence-corrected chi connectivity index (χ4v) is 1.60. The van der Waals surface area contributed by atoms with Crippen LogP contribution in [0.1, 0.15) is 15.9 Å². The zero-order valence-electron chi connectivity index (χ0n) is 9.37. The predicted molar refractivity (Wildman–Crippen MR) is 61.6 cm³/mol.